The van der Waals surface area contributed by atoms with Crippen LogP contribution in [0.5, 0.6) is 5.75 Å². The van der Waals surface area contributed by atoms with E-state index < -0.39 is 103 Å². The van der Waals surface area contributed by atoms with Crippen LogP contribution in [0.4, 0.5) is 40.8 Å². The number of aryl methyl sites for hydroxylation is 1. The van der Waals surface area contributed by atoms with Gasteiger partial charge in [-0.2, -0.15) is 39.2 Å². The summed E-state index contributed by atoms with van der Waals surface area (Å²) in [7, 11) is -2.91. The van der Waals surface area contributed by atoms with E-state index >= 15 is 8.78 Å². The monoisotopic (exact) mass is 899 g/mol. The van der Waals surface area contributed by atoms with Crippen LogP contribution in [0.15, 0.2) is 83.2 Å². The first-order valence-corrected chi connectivity index (χ1v) is 20.2. The Kier molecular flexibility index (Phi) is 13.3. The van der Waals surface area contributed by atoms with Crippen LogP contribution in [-0.4, -0.2) is 82.3 Å². The van der Waals surface area contributed by atoms with E-state index in [0.717, 1.165) is 28.8 Å². The number of rotatable bonds is 14. The number of amides is 2. The first-order chi connectivity index (χ1) is 29.1. The zero-order valence-corrected chi connectivity index (χ0v) is 33.3. The number of hydrazine groups is 1. The van der Waals surface area contributed by atoms with Gasteiger partial charge in [-0.1, -0.05) is 31.0 Å². The third kappa shape index (κ3) is 9.82. The second-order valence-corrected chi connectivity index (χ2v) is 15.8. The number of hydrogen-bond donors (Lipinski definition) is 3. The number of alkyl halides is 6. The standard InChI is InChI=1S/C40H37F8N5O8S/c1-52-38(14-2-3-15-38)35(54)32(36(55)51-28-12-9-25(39(43,44)45)19-27(28)29-20-31(40(46,47)48)50-22-49-29)37(56)53(52)21-24-8-13-30(34(42)33(24)41)61-18-17-60-16-4-5-23-6-10-26(11-7-23)62(57,58)59/h6-13,19-20,22,54H,2-5,14-18,21H2,1H3,(H,51,55)(H,57,58,59). The summed E-state index contributed by atoms with van der Waals surface area (Å²) in [5, 5.41) is 16.0. The van der Waals surface area contributed by atoms with Crippen molar-refractivity contribution in [1.29, 1.82) is 0 Å². The molecule has 4 aromatic rings. The highest BCUT2D eigenvalue weighted by molar-refractivity contribution is 7.85. The molecule has 62 heavy (non-hydrogen) atoms. The zero-order chi connectivity index (χ0) is 45.2. The predicted molar refractivity (Wildman–Crippen MR) is 203 cm³/mol. The fourth-order valence-electron chi connectivity index (χ4n) is 7.26. The number of aliphatic hydroxyl groups excluding tert-OH is 1. The summed E-state index contributed by atoms with van der Waals surface area (Å²) in [6, 6.07) is 10.0. The van der Waals surface area contributed by atoms with Crippen molar-refractivity contribution in [2.75, 3.05) is 32.2 Å². The maximum Gasteiger partial charge on any atom is 0.433 e. The molecule has 2 heterocycles. The first-order valence-electron chi connectivity index (χ1n) is 18.8. The lowest BCUT2D eigenvalue weighted by Crippen LogP contribution is -2.62. The van der Waals surface area contributed by atoms with Crippen molar-refractivity contribution in [1.82, 2.24) is 20.0 Å². The number of ether oxygens (including phenoxy) is 2. The van der Waals surface area contributed by atoms with Crippen molar-refractivity contribution in [3.63, 3.8) is 0 Å². The number of nitrogens with one attached hydrogen (secondary N) is 1. The molecule has 2 amide bonds. The molecular formula is C40H37F8N5O8S. The summed E-state index contributed by atoms with van der Waals surface area (Å²) in [5.74, 6) is -6.53. The smallest absolute Gasteiger partial charge is 0.433 e. The van der Waals surface area contributed by atoms with Crippen LogP contribution < -0.4 is 10.1 Å². The molecule has 3 aromatic carbocycles. The molecule has 3 N–H and O–H groups in total. The summed E-state index contributed by atoms with van der Waals surface area (Å²) in [4.78, 5) is 34.6. The molecule has 22 heteroatoms. The Morgan fingerprint density at radius 3 is 2.24 bits per heavy atom. The Bertz CT molecular complexity index is 2480. The van der Waals surface area contributed by atoms with Gasteiger partial charge in [-0.25, -0.2) is 19.4 Å². The van der Waals surface area contributed by atoms with Gasteiger partial charge in [-0.15, -0.1) is 0 Å². The molecule has 2 aliphatic rings. The van der Waals surface area contributed by atoms with Crippen LogP contribution in [0.3, 0.4) is 0 Å². The number of aromatic nitrogens is 2. The SMILES string of the molecule is CN1N(Cc2ccc(OCCOCCCc3ccc(S(=O)(=O)O)cc3)c(F)c2F)C(=O)C(C(=O)Nc2ccc(C(F)(F)F)cc2-c2cc(C(F)(F)F)ncn2)=C(O)C12CCCC2. The first kappa shape index (κ1) is 45.8. The molecule has 332 valence electrons. The van der Waals surface area contributed by atoms with Crippen LogP contribution in [0.25, 0.3) is 11.3 Å². The average Bonchev–Trinajstić information content (AvgIpc) is 3.71. The average molecular weight is 900 g/mol. The molecule has 1 aromatic heterocycles. The molecule has 0 radical (unpaired) electrons. The Balaban J connectivity index is 1.17. The normalized spacial score (nSPS) is 16.0. The number of benzene rings is 3. The Morgan fingerprint density at radius 2 is 1.60 bits per heavy atom. The highest BCUT2D eigenvalue weighted by atomic mass is 32.2. The largest absolute Gasteiger partial charge is 0.509 e. The molecule has 0 atom stereocenters. The number of hydrogen-bond acceptors (Lipinski definition) is 10. The lowest BCUT2D eigenvalue weighted by Gasteiger charge is -2.48. The van der Waals surface area contributed by atoms with E-state index in [4.69, 9.17) is 14.0 Å². The minimum atomic E-state index is -5.01. The number of anilines is 1. The number of nitrogens with zero attached hydrogens (tertiary/aromatic N) is 4. The quantitative estimate of drug-likeness (QED) is 0.0491. The molecule has 0 bridgehead atoms. The summed E-state index contributed by atoms with van der Waals surface area (Å²) in [5.41, 5.74) is -6.43. The van der Waals surface area contributed by atoms with Crippen LogP contribution in [0.1, 0.15) is 54.5 Å². The van der Waals surface area contributed by atoms with Crippen molar-refractivity contribution in [2.24, 2.45) is 0 Å². The van der Waals surface area contributed by atoms with Gasteiger partial charge in [-0.3, -0.25) is 19.2 Å². The van der Waals surface area contributed by atoms with Crippen LogP contribution in [-0.2, 0) is 49.8 Å². The van der Waals surface area contributed by atoms with E-state index in [-0.39, 0.29) is 43.1 Å². The van der Waals surface area contributed by atoms with Gasteiger partial charge in [0.1, 0.15) is 30.0 Å². The summed E-state index contributed by atoms with van der Waals surface area (Å²) in [6.45, 7) is -0.614. The van der Waals surface area contributed by atoms with Crippen LogP contribution >= 0.6 is 0 Å². The minimum Gasteiger partial charge on any atom is -0.509 e. The minimum absolute atomic E-state index is 0.0119. The van der Waals surface area contributed by atoms with Crippen LogP contribution in [0.2, 0.25) is 0 Å². The topological polar surface area (TPSA) is 171 Å². The maximum atomic E-state index is 15.6. The summed E-state index contributed by atoms with van der Waals surface area (Å²) < 4.78 is 155. The lowest BCUT2D eigenvalue weighted by atomic mass is 9.88. The van der Waals surface area contributed by atoms with E-state index in [1.165, 1.54) is 24.2 Å². The van der Waals surface area contributed by atoms with Gasteiger partial charge in [0, 0.05) is 24.8 Å². The summed E-state index contributed by atoms with van der Waals surface area (Å²) in [6.07, 6.45) is -7.06. The maximum absolute atomic E-state index is 15.6. The molecule has 6 rings (SSSR count). The second-order valence-electron chi connectivity index (χ2n) is 14.4. The Morgan fingerprint density at radius 1 is 0.903 bits per heavy atom. The molecule has 1 aliphatic heterocycles. The number of likely N-dealkylation sites (N-methyl/N-ethyl adjacent to an activating group) is 1. The number of halogens is 8. The van der Waals surface area contributed by atoms with Gasteiger partial charge in [0.15, 0.2) is 11.6 Å². The van der Waals surface area contributed by atoms with Gasteiger partial charge < -0.3 is 19.9 Å². The number of aliphatic hydroxyl groups is 1. The van der Waals surface area contributed by atoms with Crippen molar-refractivity contribution < 1.29 is 72.3 Å². The van der Waals surface area contributed by atoms with Gasteiger partial charge in [-0.05, 0) is 73.7 Å². The lowest BCUT2D eigenvalue weighted by molar-refractivity contribution is -0.163. The van der Waals surface area contributed by atoms with Gasteiger partial charge in [0.25, 0.3) is 21.9 Å². The number of carbonyl (C=O) groups excluding carboxylic acids is 2. The predicted octanol–water partition coefficient (Wildman–Crippen LogP) is 7.69. The van der Waals surface area contributed by atoms with Gasteiger partial charge in [0.2, 0.25) is 5.82 Å². The Hall–Kier alpha value is -5.71. The van der Waals surface area contributed by atoms with Crippen molar-refractivity contribution in [3.8, 4) is 17.0 Å². The molecular weight excluding hydrogens is 863 g/mol. The fourth-order valence-corrected chi connectivity index (χ4v) is 7.74. The third-order valence-corrected chi connectivity index (χ3v) is 11.4. The Labute approximate surface area is 348 Å². The molecule has 1 saturated carbocycles. The molecule has 0 saturated heterocycles. The van der Waals surface area contributed by atoms with E-state index in [2.05, 4.69) is 15.3 Å². The third-order valence-electron chi connectivity index (χ3n) is 10.5. The molecule has 1 fully saturated rings. The summed E-state index contributed by atoms with van der Waals surface area (Å²) >= 11 is 0. The molecule has 13 nitrogen and oxygen atoms in total. The molecule has 1 spiro atoms. The highest BCUT2D eigenvalue weighted by Crippen LogP contribution is 2.45. The molecule has 0 unspecified atom stereocenters. The van der Waals surface area contributed by atoms with Crippen molar-refractivity contribution >= 4 is 27.6 Å². The second kappa shape index (κ2) is 17.9. The van der Waals surface area contributed by atoms with Crippen molar-refractivity contribution in [3.05, 3.63) is 112 Å². The van der Waals surface area contributed by atoms with E-state index in [9.17, 15) is 49.5 Å². The van der Waals surface area contributed by atoms with E-state index in [1.54, 1.807) is 12.1 Å². The fraction of sp³-hybridized carbons (Fsp3) is 0.350. The highest BCUT2D eigenvalue weighted by Gasteiger charge is 2.53. The van der Waals surface area contributed by atoms with Crippen molar-refractivity contribution in [2.45, 2.75) is 67.9 Å². The van der Waals surface area contributed by atoms with Crippen LogP contribution in [0, 0.1) is 11.6 Å². The van der Waals surface area contributed by atoms with E-state index in [1.807, 2.05) is 0 Å². The molecule has 1 aliphatic carbocycles. The number of carbonyl (C=O) groups is 2. The van der Waals surface area contributed by atoms with E-state index in [0.29, 0.717) is 50.2 Å². The van der Waals surface area contributed by atoms with Gasteiger partial charge in [0.05, 0.1) is 40.5 Å². The zero-order valence-electron chi connectivity index (χ0n) is 32.5. The van der Waals surface area contributed by atoms with Gasteiger partial charge >= 0.3 is 12.4 Å².